The highest BCUT2D eigenvalue weighted by molar-refractivity contribution is 5.95. The number of nitrogens with two attached hydrogens (primary N) is 1. The van der Waals surface area contributed by atoms with Gasteiger partial charge >= 0.3 is 0 Å². The van der Waals surface area contributed by atoms with Gasteiger partial charge in [-0.25, -0.2) is 9.37 Å². The van der Waals surface area contributed by atoms with E-state index < -0.39 is 11.7 Å². The summed E-state index contributed by atoms with van der Waals surface area (Å²) in [7, 11) is 1.82. The van der Waals surface area contributed by atoms with E-state index in [0.717, 1.165) is 36.8 Å². The van der Waals surface area contributed by atoms with Crippen LogP contribution in [0, 0.1) is 11.7 Å². The molecular formula is C24H28FN5O2. The summed E-state index contributed by atoms with van der Waals surface area (Å²) in [5.41, 5.74) is 8.78. The van der Waals surface area contributed by atoms with E-state index in [0.29, 0.717) is 11.1 Å². The fraction of sp³-hybridized carbons (Fsp3) is 0.375. The maximum Gasteiger partial charge on any atom is 0.254 e. The summed E-state index contributed by atoms with van der Waals surface area (Å²) in [6.07, 6.45) is 10.5. The molecule has 0 radical (unpaired) electrons. The number of rotatable bonds is 6. The summed E-state index contributed by atoms with van der Waals surface area (Å²) in [5.74, 6) is -0.673. The molecule has 1 fully saturated rings. The molecule has 1 aliphatic rings. The first-order valence-corrected chi connectivity index (χ1v) is 10.9. The van der Waals surface area contributed by atoms with Crippen LogP contribution in [0.15, 0.2) is 42.9 Å². The van der Waals surface area contributed by atoms with Gasteiger partial charge in [-0.05, 0) is 42.5 Å². The molecule has 3 aromatic rings. The second-order valence-electron chi connectivity index (χ2n) is 8.41. The zero-order valence-electron chi connectivity index (χ0n) is 18.1. The zero-order chi connectivity index (χ0) is 22.7. The molecule has 0 saturated heterocycles. The van der Waals surface area contributed by atoms with Crippen LogP contribution in [0.5, 0.6) is 0 Å². The van der Waals surface area contributed by atoms with Gasteiger partial charge in [0.05, 0.1) is 24.4 Å². The highest BCUT2D eigenvalue weighted by atomic mass is 19.1. The number of anilines is 1. The number of hydrogen-bond donors (Lipinski definition) is 3. The molecule has 1 saturated carbocycles. The molecule has 0 aliphatic heterocycles. The van der Waals surface area contributed by atoms with Crippen molar-refractivity contribution in [3.8, 4) is 22.3 Å². The molecule has 0 spiro atoms. The molecule has 1 aromatic carbocycles. The number of halogens is 1. The standard InChI is InChI=1S/C24H28FN5O2/c1-30-13-18(12-28-30)17-9-20(23(26)27-11-17)16-7-8-19(21(25)10-16)24(32)29-22(14-31)15-5-3-2-4-6-15/h7-13,15,22,31H,2-6,14H2,1H3,(H2,26,27)(H,29,32). The zero-order valence-corrected chi connectivity index (χ0v) is 18.1. The van der Waals surface area contributed by atoms with Gasteiger partial charge < -0.3 is 16.2 Å². The lowest BCUT2D eigenvalue weighted by Gasteiger charge is -2.29. The Kier molecular flexibility index (Phi) is 6.50. The molecule has 7 nitrogen and oxygen atoms in total. The lowest BCUT2D eigenvalue weighted by Crippen LogP contribution is -2.43. The highest BCUT2D eigenvalue weighted by Gasteiger charge is 2.26. The summed E-state index contributed by atoms with van der Waals surface area (Å²) in [5, 5.41) is 16.7. The first-order chi connectivity index (χ1) is 15.5. The Morgan fingerprint density at radius 3 is 2.66 bits per heavy atom. The van der Waals surface area contributed by atoms with Crippen LogP contribution in [-0.4, -0.2) is 38.4 Å². The molecule has 2 heterocycles. The van der Waals surface area contributed by atoms with E-state index in [1.807, 2.05) is 19.3 Å². The minimum Gasteiger partial charge on any atom is -0.394 e. The first kappa shape index (κ1) is 22.0. The van der Waals surface area contributed by atoms with Gasteiger partial charge in [0.15, 0.2) is 0 Å². The van der Waals surface area contributed by atoms with Crippen LogP contribution >= 0.6 is 0 Å². The third-order valence-electron chi connectivity index (χ3n) is 6.21. The molecule has 0 bridgehead atoms. The number of nitrogens with one attached hydrogen (secondary N) is 1. The highest BCUT2D eigenvalue weighted by Crippen LogP contribution is 2.31. The lowest BCUT2D eigenvalue weighted by molar-refractivity contribution is 0.0867. The van der Waals surface area contributed by atoms with Crippen molar-refractivity contribution in [2.45, 2.75) is 38.1 Å². The van der Waals surface area contributed by atoms with Crippen molar-refractivity contribution in [3.05, 3.63) is 54.2 Å². The Balaban J connectivity index is 1.56. The van der Waals surface area contributed by atoms with Crippen LogP contribution in [0.3, 0.4) is 0 Å². The number of carbonyl (C=O) groups is 1. The van der Waals surface area contributed by atoms with Gasteiger partial charge in [-0.15, -0.1) is 0 Å². The number of pyridine rings is 1. The number of amides is 1. The molecule has 1 amide bonds. The Labute approximate surface area is 186 Å². The predicted molar refractivity (Wildman–Crippen MR) is 121 cm³/mol. The van der Waals surface area contributed by atoms with Gasteiger partial charge in [0.2, 0.25) is 0 Å². The van der Waals surface area contributed by atoms with Crippen molar-refractivity contribution in [3.63, 3.8) is 0 Å². The van der Waals surface area contributed by atoms with Crippen LogP contribution in [0.25, 0.3) is 22.3 Å². The SMILES string of the molecule is Cn1cc(-c2cnc(N)c(-c3ccc(C(=O)NC(CO)C4CCCCC4)c(F)c3)c2)cn1. The van der Waals surface area contributed by atoms with Gasteiger partial charge in [-0.3, -0.25) is 9.48 Å². The maximum absolute atomic E-state index is 14.9. The van der Waals surface area contributed by atoms with Crippen molar-refractivity contribution in [2.75, 3.05) is 12.3 Å². The van der Waals surface area contributed by atoms with Gasteiger partial charge in [-0.1, -0.05) is 25.3 Å². The number of nitrogen functional groups attached to an aromatic ring is 1. The Bertz CT molecular complexity index is 1110. The summed E-state index contributed by atoms with van der Waals surface area (Å²) in [4.78, 5) is 17.0. The molecule has 1 unspecified atom stereocenters. The summed E-state index contributed by atoms with van der Waals surface area (Å²) < 4.78 is 16.6. The molecule has 1 atom stereocenters. The number of aliphatic hydroxyl groups is 1. The first-order valence-electron chi connectivity index (χ1n) is 10.9. The number of carbonyl (C=O) groups excluding carboxylic acids is 1. The largest absolute Gasteiger partial charge is 0.394 e. The summed E-state index contributed by atoms with van der Waals surface area (Å²) in [6, 6.07) is 5.87. The second kappa shape index (κ2) is 9.48. The van der Waals surface area contributed by atoms with E-state index in [4.69, 9.17) is 5.73 Å². The quantitative estimate of drug-likeness (QED) is 0.547. The Morgan fingerprint density at radius 2 is 2.00 bits per heavy atom. The second-order valence-corrected chi connectivity index (χ2v) is 8.41. The number of nitrogens with zero attached hydrogens (tertiary/aromatic N) is 3. The smallest absolute Gasteiger partial charge is 0.254 e. The minimum absolute atomic E-state index is 0.0574. The van der Waals surface area contributed by atoms with Crippen molar-refractivity contribution < 1.29 is 14.3 Å². The van der Waals surface area contributed by atoms with Gasteiger partial charge in [0, 0.05) is 36.1 Å². The van der Waals surface area contributed by atoms with Crippen molar-refractivity contribution in [1.29, 1.82) is 0 Å². The average Bonchev–Trinajstić information content (AvgIpc) is 3.24. The van der Waals surface area contributed by atoms with Gasteiger partial charge in [0.25, 0.3) is 5.91 Å². The van der Waals surface area contributed by atoms with Gasteiger partial charge in [0.1, 0.15) is 11.6 Å². The van der Waals surface area contributed by atoms with E-state index in [1.54, 1.807) is 23.1 Å². The molecule has 32 heavy (non-hydrogen) atoms. The summed E-state index contributed by atoms with van der Waals surface area (Å²) >= 11 is 0. The van der Waals surface area contributed by atoms with Crippen molar-refractivity contribution in [1.82, 2.24) is 20.1 Å². The predicted octanol–water partition coefficient (Wildman–Crippen LogP) is 3.54. The van der Waals surface area contributed by atoms with Crippen LogP contribution in [-0.2, 0) is 7.05 Å². The van der Waals surface area contributed by atoms with E-state index in [1.165, 1.54) is 18.6 Å². The molecule has 1 aliphatic carbocycles. The maximum atomic E-state index is 14.9. The minimum atomic E-state index is -0.647. The fourth-order valence-electron chi connectivity index (χ4n) is 4.40. The van der Waals surface area contributed by atoms with Crippen LogP contribution in [0.1, 0.15) is 42.5 Å². The molecule has 168 valence electrons. The van der Waals surface area contributed by atoms with Gasteiger partial charge in [-0.2, -0.15) is 5.10 Å². The van der Waals surface area contributed by atoms with Crippen LogP contribution in [0.2, 0.25) is 0 Å². The molecular weight excluding hydrogens is 409 g/mol. The number of benzene rings is 1. The Morgan fingerprint density at radius 1 is 1.22 bits per heavy atom. The molecule has 4 N–H and O–H groups in total. The third-order valence-corrected chi connectivity index (χ3v) is 6.21. The third kappa shape index (κ3) is 4.65. The van der Waals surface area contributed by atoms with Crippen LogP contribution < -0.4 is 11.1 Å². The topological polar surface area (TPSA) is 106 Å². The van der Waals surface area contributed by atoms with Crippen molar-refractivity contribution in [2.24, 2.45) is 13.0 Å². The van der Waals surface area contributed by atoms with E-state index in [9.17, 15) is 14.3 Å². The van der Waals surface area contributed by atoms with Crippen LogP contribution in [0.4, 0.5) is 10.2 Å². The summed E-state index contributed by atoms with van der Waals surface area (Å²) in [6.45, 7) is -0.153. The number of aliphatic hydroxyl groups excluding tert-OH is 1. The number of aromatic nitrogens is 3. The molecule has 8 heteroatoms. The lowest BCUT2D eigenvalue weighted by atomic mass is 9.84. The van der Waals surface area contributed by atoms with E-state index in [2.05, 4.69) is 15.4 Å². The normalized spacial score (nSPS) is 15.5. The molecule has 2 aromatic heterocycles. The number of aryl methyl sites for hydroxylation is 1. The van der Waals surface area contributed by atoms with Crippen molar-refractivity contribution >= 4 is 11.7 Å². The average molecular weight is 438 g/mol. The molecule has 4 rings (SSSR count). The van der Waals surface area contributed by atoms with E-state index in [-0.39, 0.29) is 29.9 Å². The Hall–Kier alpha value is -3.26. The fourth-order valence-corrected chi connectivity index (χ4v) is 4.40. The monoisotopic (exact) mass is 437 g/mol. The number of hydrogen-bond acceptors (Lipinski definition) is 5. The van der Waals surface area contributed by atoms with E-state index >= 15 is 0 Å².